The second-order valence-electron chi connectivity index (χ2n) is 5.95. The fraction of sp³-hybridized carbons (Fsp3) is 0.300. The first kappa shape index (κ1) is 19.9. The van der Waals surface area contributed by atoms with Gasteiger partial charge in [0.05, 0.1) is 5.71 Å². The normalized spacial score (nSPS) is 11.7. The van der Waals surface area contributed by atoms with Crippen molar-refractivity contribution in [2.45, 2.75) is 27.3 Å². The van der Waals surface area contributed by atoms with Gasteiger partial charge in [-0.1, -0.05) is 25.4 Å². The zero-order chi connectivity index (χ0) is 19.1. The number of hydrazone groups is 1. The van der Waals surface area contributed by atoms with Gasteiger partial charge in [0, 0.05) is 22.7 Å². The highest BCUT2D eigenvalue weighted by molar-refractivity contribution is 6.30. The van der Waals surface area contributed by atoms with Gasteiger partial charge in [-0.3, -0.25) is 9.69 Å². The number of halogens is 1. The molecule has 1 amide bonds. The van der Waals surface area contributed by atoms with Gasteiger partial charge in [-0.2, -0.15) is 5.10 Å². The minimum Gasteiger partial charge on any atom is -0.508 e. The molecule has 0 bridgehead atoms. The Hall–Kier alpha value is -2.37. The molecule has 0 atom stereocenters. The van der Waals surface area contributed by atoms with Crippen LogP contribution in [0.15, 0.2) is 47.6 Å². The number of phenols is 1. The van der Waals surface area contributed by atoms with Crippen molar-refractivity contribution in [2.75, 3.05) is 13.1 Å². The van der Waals surface area contributed by atoms with Gasteiger partial charge in [0.2, 0.25) is 0 Å². The van der Waals surface area contributed by atoms with E-state index in [1.54, 1.807) is 36.4 Å². The molecule has 26 heavy (non-hydrogen) atoms. The fourth-order valence-corrected chi connectivity index (χ4v) is 2.62. The van der Waals surface area contributed by atoms with E-state index in [1.165, 1.54) is 0 Å². The number of hydrogen-bond donors (Lipinski definition) is 2. The molecule has 2 aromatic rings. The number of benzene rings is 2. The Morgan fingerprint density at radius 2 is 1.73 bits per heavy atom. The monoisotopic (exact) mass is 373 g/mol. The van der Waals surface area contributed by atoms with Crippen LogP contribution in [0.4, 0.5) is 0 Å². The van der Waals surface area contributed by atoms with Crippen molar-refractivity contribution in [1.29, 1.82) is 0 Å². The highest BCUT2D eigenvalue weighted by Crippen LogP contribution is 2.21. The Balaban J connectivity index is 2.12. The molecule has 2 N–H and O–H groups in total. The molecule has 0 heterocycles. The third-order valence-corrected chi connectivity index (χ3v) is 4.47. The van der Waals surface area contributed by atoms with E-state index >= 15 is 0 Å². The van der Waals surface area contributed by atoms with Gasteiger partial charge >= 0.3 is 0 Å². The van der Waals surface area contributed by atoms with Gasteiger partial charge in [-0.15, -0.1) is 0 Å². The summed E-state index contributed by atoms with van der Waals surface area (Å²) in [7, 11) is 0. The Kier molecular flexibility index (Phi) is 7.18. The van der Waals surface area contributed by atoms with E-state index < -0.39 is 0 Å². The maximum absolute atomic E-state index is 12.1. The molecule has 2 rings (SSSR count). The van der Waals surface area contributed by atoms with E-state index in [0.29, 0.717) is 22.8 Å². The molecule has 0 saturated carbocycles. The van der Waals surface area contributed by atoms with Crippen LogP contribution in [0.1, 0.15) is 42.3 Å². The number of nitrogens with one attached hydrogen (secondary N) is 1. The smallest absolute Gasteiger partial charge is 0.271 e. The second kappa shape index (κ2) is 9.36. The molecule has 6 heteroatoms. The maximum Gasteiger partial charge on any atom is 0.271 e. The predicted molar refractivity (Wildman–Crippen MR) is 106 cm³/mol. The number of phenolic OH excluding ortho intramolecular Hbond substituents is 1. The van der Waals surface area contributed by atoms with Gasteiger partial charge in [0.15, 0.2) is 0 Å². The molecule has 0 aliphatic carbocycles. The summed E-state index contributed by atoms with van der Waals surface area (Å²) in [6, 6.07) is 12.0. The number of carbonyl (C=O) groups is 1. The lowest BCUT2D eigenvalue weighted by Gasteiger charge is -2.19. The highest BCUT2D eigenvalue weighted by atomic mass is 35.5. The van der Waals surface area contributed by atoms with E-state index in [1.807, 2.05) is 13.0 Å². The first-order chi connectivity index (χ1) is 12.4. The average molecular weight is 374 g/mol. The van der Waals surface area contributed by atoms with Crippen LogP contribution in [0.5, 0.6) is 5.75 Å². The quantitative estimate of drug-likeness (QED) is 0.568. The van der Waals surface area contributed by atoms with E-state index in [-0.39, 0.29) is 11.7 Å². The van der Waals surface area contributed by atoms with Crippen LogP contribution in [-0.4, -0.2) is 34.7 Å². The van der Waals surface area contributed by atoms with Crippen molar-refractivity contribution in [3.8, 4) is 5.75 Å². The molecular formula is C20H24ClN3O2. The first-order valence-corrected chi connectivity index (χ1v) is 8.97. The second-order valence-corrected chi connectivity index (χ2v) is 6.39. The fourth-order valence-electron chi connectivity index (χ4n) is 2.49. The van der Waals surface area contributed by atoms with Gasteiger partial charge in [-0.25, -0.2) is 5.43 Å². The molecule has 0 spiro atoms. The first-order valence-electron chi connectivity index (χ1n) is 8.59. The standard InChI is InChI=1S/C20H24ClN3O2/c1-4-24(5-2)13-17-12-16(8-11-19(17)25)14(3)22-23-20(26)15-6-9-18(21)10-7-15/h6-12,25H,4-5,13H2,1-3H3,(H,23,26)/b22-14+. The van der Waals surface area contributed by atoms with Gasteiger partial charge in [0.1, 0.15) is 5.75 Å². The number of hydrogen-bond acceptors (Lipinski definition) is 4. The Morgan fingerprint density at radius 1 is 1.12 bits per heavy atom. The number of aromatic hydroxyl groups is 1. The predicted octanol–water partition coefficient (Wildman–Crippen LogP) is 4.04. The van der Waals surface area contributed by atoms with E-state index in [0.717, 1.165) is 24.2 Å². The average Bonchev–Trinajstić information content (AvgIpc) is 2.65. The number of nitrogens with zero attached hydrogens (tertiary/aromatic N) is 2. The van der Waals surface area contributed by atoms with Gasteiger partial charge in [-0.05, 0) is 68.0 Å². The summed E-state index contributed by atoms with van der Waals surface area (Å²) in [6.45, 7) is 8.47. The maximum atomic E-state index is 12.1. The number of amides is 1. The van der Waals surface area contributed by atoms with Crippen LogP contribution >= 0.6 is 11.6 Å². The summed E-state index contributed by atoms with van der Waals surface area (Å²) in [5.74, 6) is -0.0400. The van der Waals surface area contributed by atoms with Crippen LogP contribution in [0.3, 0.4) is 0 Å². The summed E-state index contributed by atoms with van der Waals surface area (Å²) in [5, 5.41) is 14.8. The molecule has 5 nitrogen and oxygen atoms in total. The molecule has 0 aliphatic heterocycles. The highest BCUT2D eigenvalue weighted by Gasteiger charge is 2.09. The zero-order valence-corrected chi connectivity index (χ0v) is 16.0. The van der Waals surface area contributed by atoms with Crippen molar-refractivity contribution in [3.63, 3.8) is 0 Å². The van der Waals surface area contributed by atoms with E-state index in [4.69, 9.17) is 11.6 Å². The van der Waals surface area contributed by atoms with E-state index in [2.05, 4.69) is 29.3 Å². The van der Waals surface area contributed by atoms with Crippen molar-refractivity contribution in [1.82, 2.24) is 10.3 Å². The Morgan fingerprint density at radius 3 is 2.35 bits per heavy atom. The molecule has 0 saturated heterocycles. The van der Waals surface area contributed by atoms with Crippen LogP contribution in [0, 0.1) is 0 Å². The van der Waals surface area contributed by atoms with Crippen molar-refractivity contribution < 1.29 is 9.90 Å². The minimum atomic E-state index is -0.303. The van der Waals surface area contributed by atoms with Crippen molar-refractivity contribution in [3.05, 3.63) is 64.2 Å². The minimum absolute atomic E-state index is 0.263. The van der Waals surface area contributed by atoms with Crippen LogP contribution in [0.2, 0.25) is 5.02 Å². The molecule has 138 valence electrons. The summed E-state index contributed by atoms with van der Waals surface area (Å²) in [5.41, 5.74) is 5.38. The Labute approximate surface area is 159 Å². The third-order valence-electron chi connectivity index (χ3n) is 4.22. The molecule has 0 fully saturated rings. The lowest BCUT2D eigenvalue weighted by Crippen LogP contribution is -2.22. The summed E-state index contributed by atoms with van der Waals surface area (Å²) < 4.78 is 0. The van der Waals surface area contributed by atoms with Crippen molar-refractivity contribution in [2.24, 2.45) is 5.10 Å². The molecule has 0 aromatic heterocycles. The van der Waals surface area contributed by atoms with Gasteiger partial charge < -0.3 is 5.11 Å². The van der Waals surface area contributed by atoms with Gasteiger partial charge in [0.25, 0.3) is 5.91 Å². The molecule has 0 radical (unpaired) electrons. The lowest BCUT2D eigenvalue weighted by atomic mass is 10.1. The van der Waals surface area contributed by atoms with Crippen molar-refractivity contribution >= 4 is 23.2 Å². The Bertz CT molecular complexity index is 784. The lowest BCUT2D eigenvalue weighted by molar-refractivity contribution is 0.0955. The zero-order valence-electron chi connectivity index (χ0n) is 15.3. The third kappa shape index (κ3) is 5.31. The molecular weight excluding hydrogens is 350 g/mol. The summed E-state index contributed by atoms with van der Waals surface area (Å²) in [6.07, 6.45) is 0. The molecule has 2 aromatic carbocycles. The van der Waals surface area contributed by atoms with Crippen LogP contribution in [-0.2, 0) is 6.54 Å². The largest absolute Gasteiger partial charge is 0.508 e. The summed E-state index contributed by atoms with van der Waals surface area (Å²) >= 11 is 5.83. The SMILES string of the molecule is CCN(CC)Cc1cc(/C(C)=N/NC(=O)c2ccc(Cl)cc2)ccc1O. The summed E-state index contributed by atoms with van der Waals surface area (Å²) in [4.78, 5) is 14.3. The number of carbonyl (C=O) groups excluding carboxylic acids is 1. The topological polar surface area (TPSA) is 64.9 Å². The number of rotatable bonds is 7. The van der Waals surface area contributed by atoms with Crippen LogP contribution in [0.25, 0.3) is 0 Å². The molecule has 0 aliphatic rings. The molecule has 0 unspecified atom stereocenters. The van der Waals surface area contributed by atoms with Crippen LogP contribution < -0.4 is 5.43 Å². The van der Waals surface area contributed by atoms with E-state index in [9.17, 15) is 9.90 Å².